The summed E-state index contributed by atoms with van der Waals surface area (Å²) >= 11 is 0. The number of aliphatic carboxylic acids is 1. The number of carboxylic acid groups (broad SMARTS) is 1. The number of carboxylic acids is 1. The van der Waals surface area contributed by atoms with Crippen molar-refractivity contribution in [3.63, 3.8) is 0 Å². The Hall–Kier alpha value is -2.15. The maximum atomic E-state index is 11.3. The van der Waals surface area contributed by atoms with Crippen LogP contribution < -0.4 is 11.2 Å². The summed E-state index contributed by atoms with van der Waals surface area (Å²) in [7, 11) is 0. The van der Waals surface area contributed by atoms with Crippen LogP contribution in [0.4, 0.5) is 5.82 Å². The summed E-state index contributed by atoms with van der Waals surface area (Å²) in [5.41, 5.74) is 9.72. The summed E-state index contributed by atoms with van der Waals surface area (Å²) in [6.45, 7) is -0.531. The minimum absolute atomic E-state index is 0.171. The number of hydrogen-bond donors (Lipinski definition) is 3. The average molecular weight is 251 g/mol. The van der Waals surface area contributed by atoms with Crippen LogP contribution >= 0.6 is 0 Å². The molecule has 2 rings (SSSR count). The molecular formula is C11H13N3O4. The van der Waals surface area contributed by atoms with Crippen molar-refractivity contribution in [1.82, 2.24) is 4.98 Å². The standard InChI is InChI=1S/C11H13N3O4/c12-10(17)7-4-6-2-1-3-8(6)13-11(7)14-18-5-9(15)16/h4H,1-3,5H2,(H2,12,17)(H,13,14)(H,15,16). The summed E-state index contributed by atoms with van der Waals surface area (Å²) in [6.07, 6.45) is 2.70. The van der Waals surface area contributed by atoms with Crippen molar-refractivity contribution in [3.8, 4) is 0 Å². The minimum atomic E-state index is -1.12. The number of aromatic nitrogens is 1. The number of rotatable bonds is 5. The maximum absolute atomic E-state index is 11.3. The van der Waals surface area contributed by atoms with Crippen LogP contribution in [0.25, 0.3) is 0 Å². The molecule has 0 saturated carbocycles. The summed E-state index contributed by atoms with van der Waals surface area (Å²) in [6, 6.07) is 1.68. The van der Waals surface area contributed by atoms with Crippen LogP contribution in [0.3, 0.4) is 0 Å². The van der Waals surface area contributed by atoms with Gasteiger partial charge in [-0.2, -0.15) is 0 Å². The summed E-state index contributed by atoms with van der Waals surface area (Å²) in [5.74, 6) is -1.58. The Morgan fingerprint density at radius 2 is 2.28 bits per heavy atom. The van der Waals surface area contributed by atoms with Crippen LogP contribution in [-0.2, 0) is 22.5 Å². The van der Waals surface area contributed by atoms with Gasteiger partial charge in [0.25, 0.3) is 5.91 Å². The quantitative estimate of drug-likeness (QED) is 0.639. The van der Waals surface area contributed by atoms with E-state index in [1.165, 1.54) is 0 Å². The molecule has 1 aliphatic carbocycles. The lowest BCUT2D eigenvalue weighted by molar-refractivity contribution is -0.141. The van der Waals surface area contributed by atoms with Crippen molar-refractivity contribution in [3.05, 3.63) is 22.9 Å². The highest BCUT2D eigenvalue weighted by molar-refractivity contribution is 5.97. The van der Waals surface area contributed by atoms with E-state index in [2.05, 4.69) is 10.5 Å². The van der Waals surface area contributed by atoms with Gasteiger partial charge in [0.2, 0.25) is 0 Å². The van der Waals surface area contributed by atoms with Gasteiger partial charge in [-0.05, 0) is 30.9 Å². The number of fused-ring (bicyclic) bond motifs is 1. The third-order valence-electron chi connectivity index (χ3n) is 2.68. The fourth-order valence-electron chi connectivity index (χ4n) is 1.90. The second-order valence-electron chi connectivity index (χ2n) is 3.99. The molecule has 0 aliphatic heterocycles. The van der Waals surface area contributed by atoms with E-state index in [4.69, 9.17) is 15.7 Å². The number of carbonyl (C=O) groups excluding carboxylic acids is 1. The number of nitrogens with zero attached hydrogens (tertiary/aromatic N) is 1. The number of primary amides is 1. The zero-order valence-corrected chi connectivity index (χ0v) is 9.60. The molecule has 0 radical (unpaired) electrons. The number of aryl methyl sites for hydroxylation is 2. The van der Waals surface area contributed by atoms with Gasteiger partial charge >= 0.3 is 5.97 Å². The first-order valence-corrected chi connectivity index (χ1v) is 5.50. The lowest BCUT2D eigenvalue weighted by Gasteiger charge is -2.10. The fraction of sp³-hybridized carbons (Fsp3) is 0.364. The summed E-state index contributed by atoms with van der Waals surface area (Å²) in [4.78, 5) is 30.6. The van der Waals surface area contributed by atoms with E-state index in [9.17, 15) is 9.59 Å². The van der Waals surface area contributed by atoms with E-state index in [0.29, 0.717) is 0 Å². The highest BCUT2D eigenvalue weighted by atomic mass is 16.7. The van der Waals surface area contributed by atoms with E-state index in [1.807, 2.05) is 0 Å². The second-order valence-corrected chi connectivity index (χ2v) is 3.99. The third kappa shape index (κ3) is 2.57. The zero-order valence-electron chi connectivity index (χ0n) is 9.60. The molecule has 1 heterocycles. The highest BCUT2D eigenvalue weighted by Gasteiger charge is 2.19. The van der Waals surface area contributed by atoms with Crippen molar-refractivity contribution < 1.29 is 19.5 Å². The fourth-order valence-corrected chi connectivity index (χ4v) is 1.90. The van der Waals surface area contributed by atoms with Crippen LogP contribution in [0.15, 0.2) is 6.07 Å². The lowest BCUT2D eigenvalue weighted by Crippen LogP contribution is -2.18. The van der Waals surface area contributed by atoms with Crippen molar-refractivity contribution >= 4 is 17.7 Å². The number of anilines is 1. The normalized spacial score (nSPS) is 13.1. The first-order chi connectivity index (χ1) is 8.58. The molecule has 0 saturated heterocycles. The third-order valence-corrected chi connectivity index (χ3v) is 2.68. The van der Waals surface area contributed by atoms with Crippen molar-refractivity contribution in [2.45, 2.75) is 19.3 Å². The second kappa shape index (κ2) is 5.01. The van der Waals surface area contributed by atoms with Gasteiger partial charge in [0, 0.05) is 5.69 Å². The largest absolute Gasteiger partial charge is 0.479 e. The lowest BCUT2D eigenvalue weighted by atomic mass is 10.1. The maximum Gasteiger partial charge on any atom is 0.332 e. The number of pyridine rings is 1. The Bertz CT molecular complexity index is 501. The molecule has 18 heavy (non-hydrogen) atoms. The number of hydrogen-bond acceptors (Lipinski definition) is 5. The molecule has 0 atom stereocenters. The van der Waals surface area contributed by atoms with Gasteiger partial charge in [-0.25, -0.2) is 15.3 Å². The van der Waals surface area contributed by atoms with Crippen LogP contribution in [0.2, 0.25) is 0 Å². The number of nitrogens with two attached hydrogens (primary N) is 1. The predicted octanol–water partition coefficient (Wildman–Crippen LogP) is 0.0973. The predicted molar refractivity (Wildman–Crippen MR) is 62.0 cm³/mol. The molecule has 0 unspecified atom stereocenters. The van der Waals surface area contributed by atoms with Crippen molar-refractivity contribution in [2.75, 3.05) is 12.1 Å². The Labute approximate surface area is 103 Å². The van der Waals surface area contributed by atoms with Gasteiger partial charge in [-0.1, -0.05) is 0 Å². The van der Waals surface area contributed by atoms with Gasteiger partial charge in [0.15, 0.2) is 12.4 Å². The first-order valence-electron chi connectivity index (χ1n) is 5.50. The summed E-state index contributed by atoms with van der Waals surface area (Å²) < 4.78 is 0. The van der Waals surface area contributed by atoms with Gasteiger partial charge in [-0.3, -0.25) is 9.63 Å². The molecule has 1 amide bonds. The zero-order chi connectivity index (χ0) is 13.1. The van der Waals surface area contributed by atoms with E-state index in [-0.39, 0.29) is 11.4 Å². The van der Waals surface area contributed by atoms with E-state index in [1.54, 1.807) is 6.07 Å². The smallest absolute Gasteiger partial charge is 0.332 e. The monoisotopic (exact) mass is 251 g/mol. The Balaban J connectivity index is 2.21. The van der Waals surface area contributed by atoms with Gasteiger partial charge in [-0.15, -0.1) is 0 Å². The SMILES string of the molecule is NC(=O)c1cc2c(nc1NOCC(=O)O)CCC2. The molecule has 0 fully saturated rings. The van der Waals surface area contributed by atoms with Gasteiger partial charge in [0.1, 0.15) is 0 Å². The average Bonchev–Trinajstić information content (AvgIpc) is 2.74. The Kier molecular flexibility index (Phi) is 3.42. The van der Waals surface area contributed by atoms with Crippen LogP contribution in [0, 0.1) is 0 Å². The molecule has 1 aromatic rings. The number of nitrogens with one attached hydrogen (secondary N) is 1. The molecule has 1 aliphatic rings. The molecule has 0 bridgehead atoms. The molecule has 4 N–H and O–H groups in total. The molecular weight excluding hydrogens is 238 g/mol. The summed E-state index contributed by atoms with van der Waals surface area (Å²) in [5, 5.41) is 8.45. The van der Waals surface area contributed by atoms with Crippen molar-refractivity contribution in [2.24, 2.45) is 5.73 Å². The molecule has 96 valence electrons. The molecule has 0 aromatic carbocycles. The van der Waals surface area contributed by atoms with Crippen LogP contribution in [0.5, 0.6) is 0 Å². The first kappa shape index (κ1) is 12.3. The van der Waals surface area contributed by atoms with Gasteiger partial charge in [0.05, 0.1) is 5.56 Å². The molecule has 7 heteroatoms. The van der Waals surface area contributed by atoms with E-state index < -0.39 is 18.5 Å². The number of carbonyl (C=O) groups is 2. The Morgan fingerprint density at radius 1 is 1.50 bits per heavy atom. The highest BCUT2D eigenvalue weighted by Crippen LogP contribution is 2.25. The molecule has 1 aromatic heterocycles. The van der Waals surface area contributed by atoms with E-state index >= 15 is 0 Å². The van der Waals surface area contributed by atoms with Crippen LogP contribution in [0.1, 0.15) is 28.0 Å². The number of amides is 1. The minimum Gasteiger partial charge on any atom is -0.479 e. The topological polar surface area (TPSA) is 115 Å². The van der Waals surface area contributed by atoms with Crippen molar-refractivity contribution in [1.29, 1.82) is 0 Å². The van der Waals surface area contributed by atoms with E-state index in [0.717, 1.165) is 30.5 Å². The van der Waals surface area contributed by atoms with Crippen LogP contribution in [-0.4, -0.2) is 28.6 Å². The van der Waals surface area contributed by atoms with Gasteiger partial charge < -0.3 is 10.8 Å². The molecule has 7 nitrogen and oxygen atoms in total. The Morgan fingerprint density at radius 3 is 2.94 bits per heavy atom. The molecule has 0 spiro atoms.